The highest BCUT2D eigenvalue weighted by Gasteiger charge is 2.73. The van der Waals surface area contributed by atoms with Crippen LogP contribution in [0.4, 0.5) is 0 Å². The SMILES string of the molecule is C[C@@]1(CO)[C@H](O)CC[C@@]2(C)[C@H]1CC[C@H]1C[C@@H]3C[C@@]12[C@@H](O)C[C@]3(O)CO. The molecule has 144 valence electrons. The molecule has 0 aliphatic heterocycles. The zero-order chi connectivity index (χ0) is 18.3. The molecule has 1 spiro atoms. The fraction of sp³-hybridized carbons (Fsp3) is 1.00. The van der Waals surface area contributed by atoms with Gasteiger partial charge < -0.3 is 25.5 Å². The molecule has 0 aromatic rings. The molecule has 2 bridgehead atoms. The molecular weight excluding hydrogens is 320 g/mol. The lowest BCUT2D eigenvalue weighted by Crippen LogP contribution is -2.67. The Morgan fingerprint density at radius 1 is 0.880 bits per heavy atom. The predicted octanol–water partition coefficient (Wildman–Crippen LogP) is 1.06. The molecule has 0 aromatic carbocycles. The molecule has 5 nitrogen and oxygen atoms in total. The Morgan fingerprint density at radius 3 is 2.24 bits per heavy atom. The first-order chi connectivity index (χ1) is 11.7. The fourth-order valence-electron chi connectivity index (χ4n) is 8.05. The summed E-state index contributed by atoms with van der Waals surface area (Å²) >= 11 is 0. The van der Waals surface area contributed by atoms with Crippen molar-refractivity contribution < 1.29 is 25.5 Å². The van der Waals surface area contributed by atoms with Crippen molar-refractivity contribution in [2.24, 2.45) is 34.0 Å². The van der Waals surface area contributed by atoms with Gasteiger partial charge in [0.25, 0.3) is 0 Å². The standard InChI is InChI=1S/C20H34O5/c1-17(10-21)14-4-3-12-7-13-8-20(12,16(24)9-19(13,25)11-22)18(14,2)6-5-15(17)23/h12-16,21-25H,3-11H2,1-2H3/t12-,13+,14-,15+,16-,17-,18-,19-,20-/m0/s1. The molecule has 4 saturated carbocycles. The first-order valence-corrected chi connectivity index (χ1v) is 9.98. The van der Waals surface area contributed by atoms with E-state index in [0.717, 1.165) is 32.1 Å². The lowest BCUT2D eigenvalue weighted by Gasteiger charge is -2.67. The van der Waals surface area contributed by atoms with E-state index in [2.05, 4.69) is 6.92 Å². The third-order valence-corrected chi connectivity index (χ3v) is 9.53. The summed E-state index contributed by atoms with van der Waals surface area (Å²) in [4.78, 5) is 0. The molecule has 9 atom stereocenters. The number of hydrogen-bond acceptors (Lipinski definition) is 5. The first kappa shape index (κ1) is 18.2. The average molecular weight is 354 g/mol. The second-order valence-corrected chi connectivity index (χ2v) is 10.1. The summed E-state index contributed by atoms with van der Waals surface area (Å²) in [7, 11) is 0. The van der Waals surface area contributed by atoms with Crippen LogP contribution in [-0.2, 0) is 0 Å². The van der Waals surface area contributed by atoms with E-state index in [1.807, 2.05) is 6.92 Å². The van der Waals surface area contributed by atoms with E-state index in [1.165, 1.54) is 0 Å². The van der Waals surface area contributed by atoms with Gasteiger partial charge in [0, 0.05) is 17.3 Å². The number of fused-ring (bicyclic) bond motifs is 2. The molecule has 0 saturated heterocycles. The van der Waals surface area contributed by atoms with E-state index >= 15 is 0 Å². The van der Waals surface area contributed by atoms with E-state index in [4.69, 9.17) is 0 Å². The van der Waals surface area contributed by atoms with Crippen molar-refractivity contribution >= 4 is 0 Å². The van der Waals surface area contributed by atoms with Gasteiger partial charge in [-0.05, 0) is 61.7 Å². The van der Waals surface area contributed by atoms with Crippen LogP contribution >= 0.6 is 0 Å². The minimum absolute atomic E-state index is 0.0325. The topological polar surface area (TPSA) is 101 Å². The molecule has 4 rings (SSSR count). The smallest absolute Gasteiger partial charge is 0.0930 e. The molecule has 25 heavy (non-hydrogen) atoms. The van der Waals surface area contributed by atoms with E-state index in [-0.39, 0.29) is 42.3 Å². The van der Waals surface area contributed by atoms with Crippen LogP contribution in [0.2, 0.25) is 0 Å². The van der Waals surface area contributed by atoms with Crippen LogP contribution in [0.15, 0.2) is 0 Å². The van der Waals surface area contributed by atoms with Crippen LogP contribution in [0.1, 0.15) is 58.8 Å². The summed E-state index contributed by atoms with van der Waals surface area (Å²) in [6.45, 7) is 3.95. The van der Waals surface area contributed by atoms with Crippen molar-refractivity contribution in [1.82, 2.24) is 0 Å². The number of rotatable bonds is 2. The van der Waals surface area contributed by atoms with Crippen molar-refractivity contribution in [3.05, 3.63) is 0 Å². The summed E-state index contributed by atoms with van der Waals surface area (Å²) in [6.07, 6.45) is 4.15. The van der Waals surface area contributed by atoms with Gasteiger partial charge >= 0.3 is 0 Å². The zero-order valence-electron chi connectivity index (χ0n) is 15.5. The van der Waals surface area contributed by atoms with Gasteiger partial charge in [-0.2, -0.15) is 0 Å². The van der Waals surface area contributed by atoms with Gasteiger partial charge in [0.1, 0.15) is 0 Å². The van der Waals surface area contributed by atoms with Crippen molar-refractivity contribution in [3.63, 3.8) is 0 Å². The first-order valence-electron chi connectivity index (χ1n) is 9.98. The Morgan fingerprint density at radius 2 is 1.60 bits per heavy atom. The summed E-state index contributed by atoms with van der Waals surface area (Å²) in [5.74, 6) is 0.555. The summed E-state index contributed by atoms with van der Waals surface area (Å²) in [6, 6.07) is 0. The van der Waals surface area contributed by atoms with Crippen molar-refractivity contribution in [1.29, 1.82) is 0 Å². The van der Waals surface area contributed by atoms with Crippen LogP contribution in [0.3, 0.4) is 0 Å². The third-order valence-electron chi connectivity index (χ3n) is 9.53. The van der Waals surface area contributed by atoms with E-state index < -0.39 is 23.2 Å². The second-order valence-electron chi connectivity index (χ2n) is 10.1. The minimum Gasteiger partial charge on any atom is -0.396 e. The highest BCUT2D eigenvalue weighted by Crippen LogP contribution is 2.75. The van der Waals surface area contributed by atoms with E-state index in [0.29, 0.717) is 12.3 Å². The number of aliphatic hydroxyl groups is 5. The highest BCUT2D eigenvalue weighted by molar-refractivity contribution is 5.22. The minimum atomic E-state index is -1.16. The Kier molecular flexibility index (Phi) is 3.94. The van der Waals surface area contributed by atoms with Crippen molar-refractivity contribution in [2.45, 2.75) is 76.6 Å². The summed E-state index contributed by atoms with van der Waals surface area (Å²) in [5.41, 5.74) is -2.12. The van der Waals surface area contributed by atoms with Gasteiger partial charge in [0.05, 0.1) is 31.0 Å². The molecule has 5 heteroatoms. The highest BCUT2D eigenvalue weighted by atomic mass is 16.3. The largest absolute Gasteiger partial charge is 0.396 e. The maximum absolute atomic E-state index is 11.3. The summed E-state index contributed by atoms with van der Waals surface area (Å²) in [5, 5.41) is 52.6. The van der Waals surface area contributed by atoms with Crippen LogP contribution in [0, 0.1) is 34.0 Å². The Hall–Kier alpha value is -0.200. The normalized spacial score (nSPS) is 60.8. The van der Waals surface area contributed by atoms with Gasteiger partial charge in [-0.1, -0.05) is 13.8 Å². The third kappa shape index (κ3) is 1.97. The number of hydrogen-bond donors (Lipinski definition) is 5. The fourth-order valence-corrected chi connectivity index (χ4v) is 8.05. The van der Waals surface area contributed by atoms with Crippen molar-refractivity contribution in [2.75, 3.05) is 13.2 Å². The van der Waals surface area contributed by atoms with Gasteiger partial charge in [0.15, 0.2) is 0 Å². The molecular formula is C20H34O5. The summed E-state index contributed by atoms with van der Waals surface area (Å²) < 4.78 is 0. The van der Waals surface area contributed by atoms with Crippen LogP contribution < -0.4 is 0 Å². The molecule has 0 aromatic heterocycles. The van der Waals surface area contributed by atoms with Crippen LogP contribution in [-0.4, -0.2) is 56.6 Å². The van der Waals surface area contributed by atoms with E-state index in [9.17, 15) is 25.5 Å². The maximum Gasteiger partial charge on any atom is 0.0930 e. The number of aliphatic hydroxyl groups excluding tert-OH is 4. The predicted molar refractivity (Wildman–Crippen MR) is 92.6 cm³/mol. The Bertz CT molecular complexity index is 554. The lowest BCUT2D eigenvalue weighted by atomic mass is 9.38. The zero-order valence-corrected chi connectivity index (χ0v) is 15.5. The van der Waals surface area contributed by atoms with Gasteiger partial charge in [-0.3, -0.25) is 0 Å². The molecule has 4 aliphatic carbocycles. The van der Waals surface area contributed by atoms with Crippen molar-refractivity contribution in [3.8, 4) is 0 Å². The molecule has 0 unspecified atom stereocenters. The van der Waals surface area contributed by atoms with Crippen LogP contribution in [0.5, 0.6) is 0 Å². The van der Waals surface area contributed by atoms with E-state index in [1.54, 1.807) is 0 Å². The quantitative estimate of drug-likeness (QED) is 0.510. The van der Waals surface area contributed by atoms with Gasteiger partial charge in [-0.15, -0.1) is 0 Å². The molecule has 4 fully saturated rings. The second kappa shape index (κ2) is 5.41. The molecule has 0 amide bonds. The molecule has 5 N–H and O–H groups in total. The Labute approximate surface area is 150 Å². The average Bonchev–Trinajstić information content (AvgIpc) is 2.97. The lowest BCUT2D eigenvalue weighted by molar-refractivity contribution is -0.250. The monoisotopic (exact) mass is 354 g/mol. The Balaban J connectivity index is 1.79. The molecule has 0 radical (unpaired) electrons. The molecule has 4 aliphatic rings. The molecule has 0 heterocycles. The van der Waals surface area contributed by atoms with Gasteiger partial charge in [-0.25, -0.2) is 0 Å². The van der Waals surface area contributed by atoms with Crippen LogP contribution in [0.25, 0.3) is 0 Å². The van der Waals surface area contributed by atoms with Gasteiger partial charge in [0.2, 0.25) is 0 Å². The maximum atomic E-state index is 11.3.